The number of pyridine rings is 1. The molecule has 4 rings (SSSR count). The molecule has 4 nitrogen and oxygen atoms in total. The molecule has 1 fully saturated rings. The van der Waals surface area contributed by atoms with E-state index in [0.717, 1.165) is 33.9 Å². The molecule has 25 heavy (non-hydrogen) atoms. The van der Waals surface area contributed by atoms with Crippen LogP contribution < -0.4 is 11.1 Å². The summed E-state index contributed by atoms with van der Waals surface area (Å²) >= 11 is 0. The van der Waals surface area contributed by atoms with Gasteiger partial charge in [0.1, 0.15) is 17.3 Å². The van der Waals surface area contributed by atoms with Crippen LogP contribution in [0.2, 0.25) is 0 Å². The molecule has 2 heterocycles. The van der Waals surface area contributed by atoms with Crippen LogP contribution in [0.3, 0.4) is 0 Å². The van der Waals surface area contributed by atoms with E-state index in [1.54, 1.807) is 0 Å². The second kappa shape index (κ2) is 6.79. The van der Waals surface area contributed by atoms with E-state index in [1.165, 1.54) is 37.7 Å². The Morgan fingerprint density at radius 3 is 2.72 bits per heavy atom. The fraction of sp³-hybridized carbons (Fsp3) is 0.381. The highest BCUT2D eigenvalue weighted by Gasteiger charge is 2.20. The molecule has 0 unspecified atom stereocenters. The maximum absolute atomic E-state index is 5.97. The molecule has 4 heteroatoms. The number of nitrogens with zero attached hydrogens (tertiary/aromatic N) is 1. The predicted octanol–water partition coefficient (Wildman–Crippen LogP) is 5.38. The van der Waals surface area contributed by atoms with Gasteiger partial charge in [-0.3, -0.25) is 0 Å². The van der Waals surface area contributed by atoms with Gasteiger partial charge in [0.2, 0.25) is 0 Å². The number of aryl methyl sites for hydroxylation is 1. The Morgan fingerprint density at radius 2 is 1.96 bits per heavy atom. The molecule has 3 aromatic rings. The van der Waals surface area contributed by atoms with Gasteiger partial charge in [-0.2, -0.15) is 0 Å². The Bertz CT molecular complexity index is 878. The van der Waals surface area contributed by atoms with Crippen LogP contribution in [-0.2, 0) is 6.54 Å². The lowest BCUT2D eigenvalue weighted by Gasteiger charge is -2.24. The number of rotatable bonds is 4. The lowest BCUT2D eigenvalue weighted by molar-refractivity contribution is 0.443. The molecular weight excluding hydrogens is 310 g/mol. The van der Waals surface area contributed by atoms with Gasteiger partial charge in [-0.15, -0.1) is 0 Å². The maximum atomic E-state index is 5.97. The van der Waals surface area contributed by atoms with Crippen molar-refractivity contribution in [2.24, 2.45) is 0 Å². The topological polar surface area (TPSA) is 64.1 Å². The minimum atomic E-state index is 0.577. The quantitative estimate of drug-likeness (QED) is 0.628. The van der Waals surface area contributed by atoms with Crippen LogP contribution >= 0.6 is 0 Å². The molecule has 0 bridgehead atoms. The third-order valence-corrected chi connectivity index (χ3v) is 5.14. The van der Waals surface area contributed by atoms with Crippen molar-refractivity contribution in [1.29, 1.82) is 0 Å². The summed E-state index contributed by atoms with van der Waals surface area (Å²) in [5.74, 6) is 3.43. The molecule has 0 amide bonds. The van der Waals surface area contributed by atoms with Crippen LogP contribution in [0.5, 0.6) is 0 Å². The Labute approximate surface area is 148 Å². The van der Waals surface area contributed by atoms with Gasteiger partial charge >= 0.3 is 0 Å². The van der Waals surface area contributed by atoms with Crippen LogP contribution in [0.1, 0.15) is 55.1 Å². The zero-order valence-corrected chi connectivity index (χ0v) is 14.7. The molecule has 2 aromatic heterocycles. The van der Waals surface area contributed by atoms with E-state index >= 15 is 0 Å². The summed E-state index contributed by atoms with van der Waals surface area (Å²) in [6.45, 7) is 2.62. The number of aromatic nitrogens is 1. The summed E-state index contributed by atoms with van der Waals surface area (Å²) < 4.78 is 5.69. The molecule has 0 aliphatic heterocycles. The molecule has 1 aliphatic carbocycles. The molecule has 3 N–H and O–H groups in total. The lowest BCUT2D eigenvalue weighted by Crippen LogP contribution is -2.10. The van der Waals surface area contributed by atoms with E-state index < -0.39 is 0 Å². The van der Waals surface area contributed by atoms with Crippen LogP contribution in [-0.4, -0.2) is 4.98 Å². The molecule has 0 saturated heterocycles. The number of nitrogens with one attached hydrogen (secondary N) is 1. The summed E-state index contributed by atoms with van der Waals surface area (Å²) in [6.07, 6.45) is 6.43. The summed E-state index contributed by atoms with van der Waals surface area (Å²) in [4.78, 5) is 4.91. The van der Waals surface area contributed by atoms with E-state index in [2.05, 4.69) is 11.4 Å². The number of benzene rings is 1. The van der Waals surface area contributed by atoms with Gasteiger partial charge in [0.25, 0.3) is 0 Å². The van der Waals surface area contributed by atoms with Crippen molar-refractivity contribution in [3.05, 3.63) is 53.5 Å². The van der Waals surface area contributed by atoms with Gasteiger partial charge in [-0.05, 0) is 67.6 Å². The number of nitrogen functional groups attached to an aromatic ring is 1. The van der Waals surface area contributed by atoms with Crippen LogP contribution in [0.15, 0.2) is 40.8 Å². The highest BCUT2D eigenvalue weighted by Crippen LogP contribution is 2.37. The Kier molecular flexibility index (Phi) is 4.35. The first kappa shape index (κ1) is 16.0. The third kappa shape index (κ3) is 3.48. The van der Waals surface area contributed by atoms with Gasteiger partial charge in [0, 0.05) is 11.1 Å². The number of hydrogen-bond acceptors (Lipinski definition) is 4. The van der Waals surface area contributed by atoms with Crippen LogP contribution in [0, 0.1) is 6.92 Å². The maximum Gasteiger partial charge on any atom is 0.130 e. The van der Waals surface area contributed by atoms with Gasteiger partial charge < -0.3 is 15.5 Å². The fourth-order valence-corrected chi connectivity index (χ4v) is 3.83. The Hall–Kier alpha value is -2.49. The smallest absolute Gasteiger partial charge is 0.130 e. The average molecular weight is 335 g/mol. The third-order valence-electron chi connectivity index (χ3n) is 5.14. The van der Waals surface area contributed by atoms with Crippen LogP contribution in [0.25, 0.3) is 10.9 Å². The van der Waals surface area contributed by atoms with Gasteiger partial charge in [0.15, 0.2) is 0 Å². The summed E-state index contributed by atoms with van der Waals surface area (Å²) in [7, 11) is 0. The Morgan fingerprint density at radius 1 is 1.12 bits per heavy atom. The molecule has 0 atom stereocenters. The first-order chi connectivity index (χ1) is 12.2. The molecule has 0 spiro atoms. The predicted molar refractivity (Wildman–Crippen MR) is 103 cm³/mol. The van der Waals surface area contributed by atoms with Gasteiger partial charge in [0.05, 0.1) is 12.1 Å². The average Bonchev–Trinajstić information content (AvgIpc) is 3.05. The fourth-order valence-electron chi connectivity index (χ4n) is 3.83. The van der Waals surface area contributed by atoms with E-state index in [1.807, 2.05) is 37.3 Å². The molecule has 1 aliphatic rings. The minimum Gasteiger partial charge on any atom is -0.465 e. The van der Waals surface area contributed by atoms with E-state index in [9.17, 15) is 0 Å². The van der Waals surface area contributed by atoms with Crippen molar-refractivity contribution in [2.45, 2.75) is 51.5 Å². The Balaban J connectivity index is 1.69. The first-order valence-electron chi connectivity index (χ1n) is 9.18. The molecule has 1 saturated carbocycles. The van der Waals surface area contributed by atoms with E-state index in [-0.39, 0.29) is 0 Å². The standard InChI is InChI=1S/C21H25N3O/c1-14-7-9-18(25-14)13-23-21-19(15-5-3-2-4-6-15)12-16-11-17(22)8-10-20(16)24-21/h7-12,15H,2-6,13,22H2,1H3,(H,23,24). The second-order valence-electron chi connectivity index (χ2n) is 7.08. The highest BCUT2D eigenvalue weighted by molar-refractivity contribution is 5.84. The summed E-state index contributed by atoms with van der Waals surface area (Å²) in [6, 6.07) is 12.2. The van der Waals surface area contributed by atoms with Crippen molar-refractivity contribution in [3.63, 3.8) is 0 Å². The number of fused-ring (bicyclic) bond motifs is 1. The monoisotopic (exact) mass is 335 g/mol. The van der Waals surface area contributed by atoms with Crippen LogP contribution in [0.4, 0.5) is 11.5 Å². The van der Waals surface area contributed by atoms with Gasteiger partial charge in [-0.25, -0.2) is 4.98 Å². The second-order valence-corrected chi connectivity index (χ2v) is 7.08. The van der Waals surface area contributed by atoms with Crippen molar-refractivity contribution in [2.75, 3.05) is 11.1 Å². The number of hydrogen-bond donors (Lipinski definition) is 2. The molecule has 130 valence electrons. The van der Waals surface area contributed by atoms with E-state index in [0.29, 0.717) is 12.5 Å². The number of furan rings is 1. The van der Waals surface area contributed by atoms with Gasteiger partial charge in [-0.1, -0.05) is 19.3 Å². The zero-order valence-electron chi connectivity index (χ0n) is 14.7. The molecule has 0 radical (unpaired) electrons. The number of nitrogens with two attached hydrogens (primary N) is 1. The highest BCUT2D eigenvalue weighted by atomic mass is 16.3. The molecular formula is C21H25N3O. The summed E-state index contributed by atoms with van der Waals surface area (Å²) in [5, 5.41) is 4.64. The lowest BCUT2D eigenvalue weighted by atomic mass is 9.84. The minimum absolute atomic E-state index is 0.577. The molecule has 1 aromatic carbocycles. The SMILES string of the molecule is Cc1ccc(CNc2nc3ccc(N)cc3cc2C2CCCCC2)o1. The van der Waals surface area contributed by atoms with Crippen molar-refractivity contribution >= 4 is 22.4 Å². The van der Waals surface area contributed by atoms with Crippen molar-refractivity contribution in [3.8, 4) is 0 Å². The van der Waals surface area contributed by atoms with Crippen molar-refractivity contribution in [1.82, 2.24) is 4.98 Å². The van der Waals surface area contributed by atoms with E-state index in [4.69, 9.17) is 15.1 Å². The van der Waals surface area contributed by atoms with Crippen molar-refractivity contribution < 1.29 is 4.42 Å². The largest absolute Gasteiger partial charge is 0.465 e. The normalized spacial score (nSPS) is 15.6. The zero-order chi connectivity index (χ0) is 17.2. The number of anilines is 2. The summed E-state index contributed by atoms with van der Waals surface area (Å²) in [5.41, 5.74) is 9.06. The first-order valence-corrected chi connectivity index (χ1v) is 9.18.